The van der Waals surface area contributed by atoms with Gasteiger partial charge in [-0.2, -0.15) is 5.10 Å². The summed E-state index contributed by atoms with van der Waals surface area (Å²) in [6, 6.07) is 16.2. The van der Waals surface area contributed by atoms with E-state index in [9.17, 15) is 19.5 Å². The molecular formula is C24H21N3O4. The van der Waals surface area contributed by atoms with E-state index in [0.717, 1.165) is 5.56 Å². The van der Waals surface area contributed by atoms with Crippen molar-refractivity contribution in [3.63, 3.8) is 0 Å². The molecule has 5 rings (SSSR count). The molecule has 0 bridgehead atoms. The summed E-state index contributed by atoms with van der Waals surface area (Å²) in [4.78, 5) is 40.1. The lowest BCUT2D eigenvalue weighted by Gasteiger charge is -2.34. The first-order valence-corrected chi connectivity index (χ1v) is 10.2. The van der Waals surface area contributed by atoms with Crippen LogP contribution >= 0.6 is 0 Å². The number of likely N-dealkylation sites (tertiary alicyclic amines) is 1. The van der Waals surface area contributed by atoms with Crippen LogP contribution in [0.25, 0.3) is 0 Å². The molecule has 0 aromatic heterocycles. The summed E-state index contributed by atoms with van der Waals surface area (Å²) in [5.41, 5.74) is 2.36. The third-order valence-corrected chi connectivity index (χ3v) is 6.44. The summed E-state index contributed by atoms with van der Waals surface area (Å²) in [6.45, 7) is 1.41. The Labute approximate surface area is 179 Å². The highest BCUT2D eigenvalue weighted by atomic mass is 16.3. The molecule has 2 aromatic carbocycles. The van der Waals surface area contributed by atoms with E-state index in [1.54, 1.807) is 24.3 Å². The topological polar surface area (TPSA) is 90.3 Å². The zero-order valence-corrected chi connectivity index (χ0v) is 17.1. The normalized spacial score (nSPS) is 27.0. The van der Waals surface area contributed by atoms with E-state index in [0.29, 0.717) is 17.0 Å². The smallest absolute Gasteiger partial charge is 0.243 e. The van der Waals surface area contributed by atoms with E-state index in [1.807, 2.05) is 36.4 Å². The fourth-order valence-corrected chi connectivity index (χ4v) is 5.05. The number of nitrogens with zero attached hydrogens (tertiary/aromatic N) is 3. The van der Waals surface area contributed by atoms with Crippen molar-refractivity contribution in [1.29, 1.82) is 0 Å². The molecule has 0 saturated carbocycles. The SMILES string of the molecule is CC(=O)N1N=C(c2ccccc2O)C2C1=CC(c1ccccc1)C1C(=O)N(C)C(=O)C21. The summed E-state index contributed by atoms with van der Waals surface area (Å²) < 4.78 is 0. The maximum absolute atomic E-state index is 13.3. The number of fused-ring (bicyclic) bond motifs is 3. The molecule has 0 radical (unpaired) electrons. The molecule has 2 aliphatic heterocycles. The third-order valence-electron chi connectivity index (χ3n) is 6.44. The van der Waals surface area contributed by atoms with Gasteiger partial charge in [-0.3, -0.25) is 19.3 Å². The first-order valence-electron chi connectivity index (χ1n) is 10.2. The van der Waals surface area contributed by atoms with Crippen molar-refractivity contribution in [2.24, 2.45) is 22.9 Å². The van der Waals surface area contributed by atoms with Gasteiger partial charge in [-0.05, 0) is 17.7 Å². The van der Waals surface area contributed by atoms with Crippen molar-refractivity contribution in [2.45, 2.75) is 12.8 Å². The maximum atomic E-state index is 13.3. The van der Waals surface area contributed by atoms with Crippen LogP contribution < -0.4 is 0 Å². The Morgan fingerprint density at radius 1 is 0.968 bits per heavy atom. The first kappa shape index (κ1) is 19.2. The molecular weight excluding hydrogens is 394 g/mol. The molecule has 2 aromatic rings. The Kier molecular flexibility index (Phi) is 4.28. The molecule has 31 heavy (non-hydrogen) atoms. The molecule has 4 atom stereocenters. The number of rotatable bonds is 2. The van der Waals surface area contributed by atoms with Crippen LogP contribution in [0, 0.1) is 17.8 Å². The number of allylic oxidation sites excluding steroid dienone is 2. The van der Waals surface area contributed by atoms with Crippen LogP contribution in [0.15, 0.2) is 71.5 Å². The molecule has 0 spiro atoms. The Morgan fingerprint density at radius 2 is 1.61 bits per heavy atom. The van der Waals surface area contributed by atoms with Gasteiger partial charge in [0, 0.05) is 25.5 Å². The van der Waals surface area contributed by atoms with Gasteiger partial charge in [-0.15, -0.1) is 0 Å². The summed E-state index contributed by atoms with van der Waals surface area (Å²) in [5, 5.41) is 16.3. The van der Waals surface area contributed by atoms with E-state index in [-0.39, 0.29) is 29.4 Å². The average molecular weight is 415 g/mol. The highest BCUT2D eigenvalue weighted by Crippen LogP contribution is 2.52. The number of aromatic hydroxyl groups is 1. The van der Waals surface area contributed by atoms with E-state index < -0.39 is 17.8 Å². The number of hydrogen-bond donors (Lipinski definition) is 1. The van der Waals surface area contributed by atoms with Crippen molar-refractivity contribution in [2.75, 3.05) is 7.05 Å². The number of phenolic OH excluding ortho intramolecular Hbond substituents is 1. The number of hydrogen-bond acceptors (Lipinski definition) is 5. The van der Waals surface area contributed by atoms with Gasteiger partial charge in [0.15, 0.2) is 0 Å². The molecule has 3 aliphatic rings. The molecule has 1 aliphatic carbocycles. The highest BCUT2D eigenvalue weighted by molar-refractivity contribution is 6.14. The highest BCUT2D eigenvalue weighted by Gasteiger charge is 2.59. The van der Waals surface area contributed by atoms with Crippen LogP contribution in [0.5, 0.6) is 5.75 Å². The number of phenols is 1. The minimum absolute atomic E-state index is 0.0119. The third kappa shape index (κ3) is 2.73. The number of carbonyl (C=O) groups is 3. The van der Waals surface area contributed by atoms with E-state index in [4.69, 9.17) is 0 Å². The number of hydrazone groups is 1. The van der Waals surface area contributed by atoms with Gasteiger partial charge in [0.2, 0.25) is 17.7 Å². The summed E-state index contributed by atoms with van der Waals surface area (Å²) in [6.07, 6.45) is 1.89. The molecule has 1 N–H and O–H groups in total. The van der Waals surface area contributed by atoms with Gasteiger partial charge in [0.25, 0.3) is 0 Å². The fourth-order valence-electron chi connectivity index (χ4n) is 5.05. The summed E-state index contributed by atoms with van der Waals surface area (Å²) in [5.74, 6) is -3.07. The quantitative estimate of drug-likeness (QED) is 0.763. The first-order chi connectivity index (χ1) is 14.9. The van der Waals surface area contributed by atoms with E-state index >= 15 is 0 Å². The fraction of sp³-hybridized carbons (Fsp3) is 0.250. The predicted octanol–water partition coefficient (Wildman–Crippen LogP) is 2.49. The molecule has 7 heteroatoms. The van der Waals surface area contributed by atoms with Gasteiger partial charge in [-0.25, -0.2) is 5.01 Å². The molecule has 4 unspecified atom stereocenters. The lowest BCUT2D eigenvalue weighted by atomic mass is 9.66. The van der Waals surface area contributed by atoms with Crippen LogP contribution in [0.1, 0.15) is 24.0 Å². The zero-order chi connectivity index (χ0) is 21.9. The van der Waals surface area contributed by atoms with Crippen molar-refractivity contribution in [3.8, 4) is 5.75 Å². The second kappa shape index (κ2) is 6.91. The zero-order valence-electron chi connectivity index (χ0n) is 17.1. The molecule has 3 amide bonds. The Balaban J connectivity index is 1.74. The Hall–Kier alpha value is -3.74. The Morgan fingerprint density at radius 3 is 2.29 bits per heavy atom. The minimum atomic E-state index is -0.703. The van der Waals surface area contributed by atoms with Crippen LogP contribution in [0.4, 0.5) is 0 Å². The van der Waals surface area contributed by atoms with Crippen molar-refractivity contribution in [3.05, 3.63) is 77.5 Å². The van der Waals surface area contributed by atoms with Crippen molar-refractivity contribution >= 4 is 23.4 Å². The van der Waals surface area contributed by atoms with Crippen LogP contribution in [0.3, 0.4) is 0 Å². The van der Waals surface area contributed by atoms with Crippen LogP contribution in [-0.4, -0.2) is 45.5 Å². The van der Waals surface area contributed by atoms with Gasteiger partial charge in [-0.1, -0.05) is 48.5 Å². The Bertz CT molecular complexity index is 1170. The maximum Gasteiger partial charge on any atom is 0.243 e. The van der Waals surface area contributed by atoms with E-state index in [1.165, 1.54) is 23.9 Å². The lowest BCUT2D eigenvalue weighted by Crippen LogP contribution is -2.39. The number of benzene rings is 2. The number of carbonyl (C=O) groups excluding carboxylic acids is 3. The number of imide groups is 1. The van der Waals surface area contributed by atoms with Crippen molar-refractivity contribution < 1.29 is 19.5 Å². The van der Waals surface area contributed by atoms with Gasteiger partial charge < -0.3 is 5.11 Å². The monoisotopic (exact) mass is 415 g/mol. The predicted molar refractivity (Wildman–Crippen MR) is 113 cm³/mol. The van der Waals surface area contributed by atoms with Crippen LogP contribution in [0.2, 0.25) is 0 Å². The largest absolute Gasteiger partial charge is 0.507 e. The van der Waals surface area contributed by atoms with Gasteiger partial charge in [0.05, 0.1) is 29.2 Å². The standard InChI is InChI=1S/C24H21N3O4/c1-13(28)27-17-12-16(14-8-4-3-5-9-14)19-21(24(31)26(2)23(19)30)20(17)22(25-27)15-10-6-7-11-18(15)29/h3-12,16,19-21,29H,1-2H3. The lowest BCUT2D eigenvalue weighted by molar-refractivity contribution is -0.138. The number of para-hydroxylation sites is 1. The van der Waals surface area contributed by atoms with Crippen molar-refractivity contribution in [1.82, 2.24) is 9.91 Å². The van der Waals surface area contributed by atoms with Crippen LogP contribution in [-0.2, 0) is 14.4 Å². The van der Waals surface area contributed by atoms with Gasteiger partial charge >= 0.3 is 0 Å². The average Bonchev–Trinajstić information content (AvgIpc) is 3.26. The molecule has 2 heterocycles. The second-order valence-corrected chi connectivity index (χ2v) is 8.13. The molecule has 156 valence electrons. The molecule has 1 fully saturated rings. The summed E-state index contributed by atoms with van der Waals surface area (Å²) in [7, 11) is 1.50. The summed E-state index contributed by atoms with van der Waals surface area (Å²) >= 11 is 0. The number of amides is 3. The molecule has 7 nitrogen and oxygen atoms in total. The minimum Gasteiger partial charge on any atom is -0.507 e. The molecule has 1 saturated heterocycles. The van der Waals surface area contributed by atoms with Gasteiger partial charge in [0.1, 0.15) is 5.75 Å². The second-order valence-electron chi connectivity index (χ2n) is 8.13. The van der Waals surface area contributed by atoms with E-state index in [2.05, 4.69) is 5.10 Å².